The molecule has 4 heteroatoms. The third-order valence-corrected chi connectivity index (χ3v) is 4.17. The number of thioether (sulfide) groups is 1. The Morgan fingerprint density at radius 1 is 1.53 bits per heavy atom. The number of ether oxygens (including phenoxy) is 1. The summed E-state index contributed by atoms with van der Waals surface area (Å²) < 4.78 is 5.38. The van der Waals surface area contributed by atoms with Crippen molar-refractivity contribution in [2.45, 2.75) is 18.7 Å². The molecule has 0 bridgehead atoms. The Labute approximate surface area is 107 Å². The summed E-state index contributed by atoms with van der Waals surface area (Å²) in [5.41, 5.74) is 7.74. The zero-order valence-corrected chi connectivity index (χ0v) is 11.3. The molecule has 3 nitrogen and oxygen atoms in total. The van der Waals surface area contributed by atoms with E-state index in [4.69, 9.17) is 10.5 Å². The number of nitrogen functional groups attached to an aromatic ring is 1. The fraction of sp³-hybridized carbons (Fsp3) is 0.538. The lowest BCUT2D eigenvalue weighted by atomic mass is 10.1. The van der Waals surface area contributed by atoms with Gasteiger partial charge in [-0.1, -0.05) is 13.0 Å². The highest BCUT2D eigenvalue weighted by molar-refractivity contribution is 7.99. The number of rotatable bonds is 3. The molecule has 0 aromatic heterocycles. The van der Waals surface area contributed by atoms with Crippen LogP contribution in [0.3, 0.4) is 0 Å². The maximum Gasteiger partial charge on any atom is 0.125 e. The Bertz CT molecular complexity index is 384. The van der Waals surface area contributed by atoms with E-state index in [1.807, 2.05) is 12.1 Å². The maximum atomic E-state index is 5.76. The molecule has 1 aliphatic heterocycles. The number of methoxy groups -OCH3 is 1. The molecule has 1 aromatic carbocycles. The van der Waals surface area contributed by atoms with Crippen LogP contribution in [-0.2, 0) is 6.54 Å². The van der Waals surface area contributed by atoms with Gasteiger partial charge < -0.3 is 10.5 Å². The zero-order chi connectivity index (χ0) is 12.3. The van der Waals surface area contributed by atoms with Crippen LogP contribution in [0.25, 0.3) is 0 Å². The van der Waals surface area contributed by atoms with Gasteiger partial charge in [0.25, 0.3) is 0 Å². The minimum Gasteiger partial charge on any atom is -0.496 e. The Morgan fingerprint density at radius 3 is 3.06 bits per heavy atom. The van der Waals surface area contributed by atoms with Gasteiger partial charge in [-0.2, -0.15) is 11.8 Å². The predicted molar refractivity (Wildman–Crippen MR) is 74.6 cm³/mol. The Hall–Kier alpha value is -0.870. The summed E-state index contributed by atoms with van der Waals surface area (Å²) in [6.07, 6.45) is 0. The normalized spacial score (nSPS) is 21.4. The Morgan fingerprint density at radius 2 is 2.35 bits per heavy atom. The first kappa shape index (κ1) is 12.6. The summed E-state index contributed by atoms with van der Waals surface area (Å²) in [5.74, 6) is 2.12. The first-order valence-corrected chi connectivity index (χ1v) is 7.00. The monoisotopic (exact) mass is 252 g/mol. The third kappa shape index (κ3) is 3.30. The first-order valence-electron chi connectivity index (χ1n) is 5.95. The highest BCUT2D eigenvalue weighted by Gasteiger charge is 2.17. The maximum absolute atomic E-state index is 5.76. The van der Waals surface area contributed by atoms with E-state index in [9.17, 15) is 0 Å². The van der Waals surface area contributed by atoms with Crippen molar-refractivity contribution in [1.29, 1.82) is 0 Å². The molecule has 1 unspecified atom stereocenters. The van der Waals surface area contributed by atoms with E-state index in [-0.39, 0.29) is 0 Å². The van der Waals surface area contributed by atoms with E-state index < -0.39 is 0 Å². The quantitative estimate of drug-likeness (QED) is 0.837. The van der Waals surface area contributed by atoms with Gasteiger partial charge in [0, 0.05) is 48.0 Å². The highest BCUT2D eigenvalue weighted by Crippen LogP contribution is 2.25. The number of nitrogens with zero attached hydrogens (tertiary/aromatic N) is 1. The molecule has 1 heterocycles. The van der Waals surface area contributed by atoms with Gasteiger partial charge in [0.05, 0.1) is 7.11 Å². The van der Waals surface area contributed by atoms with Gasteiger partial charge in [-0.3, -0.25) is 4.90 Å². The molecular formula is C13H20N2OS. The predicted octanol–water partition coefficient (Wildman–Crippen LogP) is 2.21. The molecule has 1 aromatic rings. The van der Waals surface area contributed by atoms with Gasteiger partial charge in [0.15, 0.2) is 0 Å². The van der Waals surface area contributed by atoms with Crippen LogP contribution in [0, 0.1) is 0 Å². The van der Waals surface area contributed by atoms with E-state index in [0.29, 0.717) is 0 Å². The molecule has 0 radical (unpaired) electrons. The summed E-state index contributed by atoms with van der Waals surface area (Å²) in [6.45, 7) is 5.55. The molecule has 0 saturated carbocycles. The molecule has 2 rings (SSSR count). The molecule has 1 aliphatic rings. The second-order valence-electron chi connectivity index (χ2n) is 4.49. The van der Waals surface area contributed by atoms with Gasteiger partial charge in [-0.25, -0.2) is 0 Å². The Kier molecular flexibility index (Phi) is 4.18. The van der Waals surface area contributed by atoms with Crippen molar-refractivity contribution in [2.75, 3.05) is 31.7 Å². The Balaban J connectivity index is 2.07. The lowest BCUT2D eigenvalue weighted by Gasteiger charge is -2.30. The highest BCUT2D eigenvalue weighted by atomic mass is 32.2. The lowest BCUT2D eigenvalue weighted by molar-refractivity contribution is 0.273. The summed E-state index contributed by atoms with van der Waals surface area (Å²) in [4.78, 5) is 2.48. The lowest BCUT2D eigenvalue weighted by Crippen LogP contribution is -2.36. The number of anilines is 1. The fourth-order valence-electron chi connectivity index (χ4n) is 2.17. The van der Waals surface area contributed by atoms with Crippen molar-refractivity contribution in [3.8, 4) is 5.75 Å². The molecule has 94 valence electrons. The van der Waals surface area contributed by atoms with Crippen molar-refractivity contribution < 1.29 is 4.74 Å². The SMILES string of the molecule is COc1cc(N)ccc1CN1CCSC(C)C1. The molecular weight excluding hydrogens is 232 g/mol. The van der Waals surface area contributed by atoms with E-state index in [1.165, 1.54) is 11.3 Å². The summed E-state index contributed by atoms with van der Waals surface area (Å²) in [5, 5.41) is 0.725. The molecule has 17 heavy (non-hydrogen) atoms. The number of hydrogen-bond donors (Lipinski definition) is 1. The van der Waals surface area contributed by atoms with Crippen LogP contribution in [0.5, 0.6) is 5.75 Å². The third-order valence-electron chi connectivity index (χ3n) is 3.03. The second-order valence-corrected chi connectivity index (χ2v) is 6.03. The van der Waals surface area contributed by atoms with Gasteiger partial charge in [0.2, 0.25) is 0 Å². The van der Waals surface area contributed by atoms with Crippen LogP contribution in [0.1, 0.15) is 12.5 Å². The average Bonchev–Trinajstić information content (AvgIpc) is 2.31. The van der Waals surface area contributed by atoms with Crippen LogP contribution in [0.2, 0.25) is 0 Å². The molecule has 0 spiro atoms. The molecule has 1 saturated heterocycles. The molecule has 1 atom stereocenters. The molecule has 0 aliphatic carbocycles. The van der Waals surface area contributed by atoms with Crippen molar-refractivity contribution in [3.63, 3.8) is 0 Å². The standard InChI is InChI=1S/C13H20N2OS/c1-10-8-15(5-6-17-10)9-11-3-4-12(14)7-13(11)16-2/h3-4,7,10H,5-6,8-9,14H2,1-2H3. The van der Waals surface area contributed by atoms with Crippen LogP contribution >= 0.6 is 11.8 Å². The van der Waals surface area contributed by atoms with Crippen LogP contribution < -0.4 is 10.5 Å². The van der Waals surface area contributed by atoms with Gasteiger partial charge in [-0.05, 0) is 6.07 Å². The smallest absolute Gasteiger partial charge is 0.125 e. The average molecular weight is 252 g/mol. The van der Waals surface area contributed by atoms with Crippen molar-refractivity contribution in [1.82, 2.24) is 4.90 Å². The summed E-state index contributed by atoms with van der Waals surface area (Å²) >= 11 is 2.05. The van der Waals surface area contributed by atoms with Gasteiger partial charge in [-0.15, -0.1) is 0 Å². The molecule has 1 fully saturated rings. The second kappa shape index (κ2) is 5.65. The number of benzene rings is 1. The van der Waals surface area contributed by atoms with Crippen molar-refractivity contribution in [2.24, 2.45) is 0 Å². The minimum atomic E-state index is 0.725. The number of hydrogen-bond acceptors (Lipinski definition) is 4. The van der Waals surface area contributed by atoms with Crippen LogP contribution in [-0.4, -0.2) is 36.1 Å². The van der Waals surface area contributed by atoms with Crippen LogP contribution in [0.15, 0.2) is 18.2 Å². The van der Waals surface area contributed by atoms with Gasteiger partial charge in [0.1, 0.15) is 5.75 Å². The van der Waals surface area contributed by atoms with E-state index in [2.05, 4.69) is 29.7 Å². The number of nitrogens with two attached hydrogens (primary N) is 1. The van der Waals surface area contributed by atoms with E-state index in [1.54, 1.807) is 7.11 Å². The van der Waals surface area contributed by atoms with Gasteiger partial charge >= 0.3 is 0 Å². The van der Waals surface area contributed by atoms with Crippen LogP contribution in [0.4, 0.5) is 5.69 Å². The summed E-state index contributed by atoms with van der Waals surface area (Å²) in [6, 6.07) is 5.91. The minimum absolute atomic E-state index is 0.725. The van der Waals surface area contributed by atoms with Crippen molar-refractivity contribution >= 4 is 17.4 Å². The topological polar surface area (TPSA) is 38.5 Å². The fourth-order valence-corrected chi connectivity index (χ4v) is 3.25. The zero-order valence-electron chi connectivity index (χ0n) is 10.5. The molecule has 2 N–H and O–H groups in total. The first-order chi connectivity index (χ1) is 8.19. The van der Waals surface area contributed by atoms with Crippen molar-refractivity contribution in [3.05, 3.63) is 23.8 Å². The largest absolute Gasteiger partial charge is 0.496 e. The molecule has 0 amide bonds. The van der Waals surface area contributed by atoms with E-state index in [0.717, 1.165) is 36.3 Å². The van der Waals surface area contributed by atoms with E-state index >= 15 is 0 Å². The summed E-state index contributed by atoms with van der Waals surface area (Å²) in [7, 11) is 1.70.